The Kier molecular flexibility index (Phi) is 6.13. The normalized spacial score (nSPS) is 10.7. The first-order valence-electron chi connectivity index (χ1n) is 7.25. The molecule has 0 N–H and O–H groups in total. The van der Waals surface area contributed by atoms with Gasteiger partial charge in [-0.05, 0) is 12.3 Å². The Bertz CT molecular complexity index is 908. The molecular weight excluding hydrogens is 354 g/mol. The monoisotopic (exact) mass is 370 g/mol. The lowest BCUT2D eigenvalue weighted by atomic mass is 10.1. The third kappa shape index (κ3) is 3.98. The Balaban J connectivity index is 2.72. The molecule has 0 radical (unpaired) electrons. The Morgan fingerprint density at radius 1 is 1.24 bits per heavy atom. The van der Waals surface area contributed by atoms with Crippen LogP contribution in [0.4, 0.5) is 8.78 Å². The molecule has 0 aliphatic heterocycles. The van der Waals surface area contributed by atoms with E-state index in [1.165, 1.54) is 23.9 Å². The number of benzene rings is 1. The molecule has 0 saturated heterocycles. The molecule has 0 spiro atoms. The molecule has 134 valence electrons. The predicted molar refractivity (Wildman–Crippen MR) is 90.7 cm³/mol. The lowest BCUT2D eigenvalue weighted by Gasteiger charge is -2.13. The van der Waals surface area contributed by atoms with E-state index in [9.17, 15) is 23.2 Å². The number of rotatable bonds is 6. The molecule has 6 nitrogen and oxygen atoms in total. The minimum absolute atomic E-state index is 0.0742. The molecule has 1 aromatic heterocycles. The van der Waals surface area contributed by atoms with Crippen LogP contribution in [0, 0.1) is 11.6 Å². The third-order valence-electron chi connectivity index (χ3n) is 3.52. The number of ether oxygens (including phenoxy) is 1. The van der Waals surface area contributed by atoms with Crippen molar-refractivity contribution in [3.63, 3.8) is 0 Å². The van der Waals surface area contributed by atoms with E-state index in [1.54, 1.807) is 6.26 Å². The van der Waals surface area contributed by atoms with Gasteiger partial charge in [-0.2, -0.15) is 11.8 Å². The molecule has 0 bridgehead atoms. The van der Waals surface area contributed by atoms with E-state index in [0.29, 0.717) is 5.75 Å². The summed E-state index contributed by atoms with van der Waals surface area (Å²) in [5, 5.41) is 0. The van der Waals surface area contributed by atoms with Crippen LogP contribution in [-0.2, 0) is 22.6 Å². The van der Waals surface area contributed by atoms with Crippen LogP contribution in [0.1, 0.15) is 0 Å². The van der Waals surface area contributed by atoms with Crippen molar-refractivity contribution in [1.29, 1.82) is 0 Å². The molecule has 0 fully saturated rings. The summed E-state index contributed by atoms with van der Waals surface area (Å²) in [4.78, 5) is 36.5. The fourth-order valence-electron chi connectivity index (χ4n) is 2.25. The molecule has 25 heavy (non-hydrogen) atoms. The van der Waals surface area contributed by atoms with Gasteiger partial charge in [-0.1, -0.05) is 12.1 Å². The number of carbonyl (C=O) groups is 1. The van der Waals surface area contributed by atoms with Gasteiger partial charge in [0, 0.05) is 24.1 Å². The van der Waals surface area contributed by atoms with Gasteiger partial charge < -0.3 is 4.74 Å². The van der Waals surface area contributed by atoms with Crippen LogP contribution in [0.5, 0.6) is 0 Å². The lowest BCUT2D eigenvalue weighted by molar-refractivity contribution is -0.141. The second-order valence-electron chi connectivity index (χ2n) is 5.08. The zero-order valence-corrected chi connectivity index (χ0v) is 14.4. The standard InChI is InChI=1S/C16H16F2N2O4S/c1-24-13(21)9-19-8-11(10-4-3-5-12(17)14(10)18)15(22)20(16(19)23)6-7-25-2/h3-5,8H,6-7,9H2,1-2H3. The summed E-state index contributed by atoms with van der Waals surface area (Å²) in [5.74, 6) is -2.55. The van der Waals surface area contributed by atoms with Gasteiger partial charge >= 0.3 is 11.7 Å². The topological polar surface area (TPSA) is 70.3 Å². The highest BCUT2D eigenvalue weighted by Crippen LogP contribution is 2.21. The van der Waals surface area contributed by atoms with E-state index < -0.39 is 35.4 Å². The number of methoxy groups -OCH3 is 1. The number of carbonyl (C=O) groups excluding carboxylic acids is 1. The van der Waals surface area contributed by atoms with Gasteiger partial charge in [-0.25, -0.2) is 13.6 Å². The van der Waals surface area contributed by atoms with Crippen molar-refractivity contribution >= 4 is 17.7 Å². The molecular formula is C16H16F2N2O4S. The van der Waals surface area contributed by atoms with Crippen molar-refractivity contribution in [2.24, 2.45) is 0 Å². The van der Waals surface area contributed by atoms with E-state index in [2.05, 4.69) is 4.74 Å². The Labute approximate surface area is 146 Å². The number of hydrogen-bond donors (Lipinski definition) is 0. The average Bonchev–Trinajstić information content (AvgIpc) is 2.60. The van der Waals surface area contributed by atoms with Gasteiger partial charge in [0.1, 0.15) is 6.54 Å². The fourth-order valence-corrected chi connectivity index (χ4v) is 2.61. The highest BCUT2D eigenvalue weighted by molar-refractivity contribution is 7.98. The van der Waals surface area contributed by atoms with E-state index >= 15 is 0 Å². The SMILES string of the molecule is COC(=O)Cn1cc(-c2cccc(F)c2F)c(=O)n(CCSC)c1=O. The predicted octanol–water partition coefficient (Wildman–Crippen LogP) is 1.49. The first-order chi connectivity index (χ1) is 11.9. The van der Waals surface area contributed by atoms with Crippen molar-refractivity contribution in [3.05, 3.63) is 56.9 Å². The molecule has 0 unspecified atom stereocenters. The highest BCUT2D eigenvalue weighted by Gasteiger charge is 2.18. The molecule has 0 aliphatic rings. The summed E-state index contributed by atoms with van der Waals surface area (Å²) in [7, 11) is 1.16. The van der Waals surface area contributed by atoms with Crippen molar-refractivity contribution in [2.45, 2.75) is 13.1 Å². The van der Waals surface area contributed by atoms with Crippen LogP contribution >= 0.6 is 11.8 Å². The summed E-state index contributed by atoms with van der Waals surface area (Å²) < 4.78 is 34.0. The number of aromatic nitrogens is 2. The first kappa shape index (κ1) is 18.9. The van der Waals surface area contributed by atoms with Gasteiger partial charge in [0.15, 0.2) is 11.6 Å². The van der Waals surface area contributed by atoms with Gasteiger partial charge in [0.2, 0.25) is 0 Å². The summed E-state index contributed by atoms with van der Waals surface area (Å²) >= 11 is 1.41. The second kappa shape index (κ2) is 8.11. The van der Waals surface area contributed by atoms with Crippen LogP contribution < -0.4 is 11.2 Å². The Hall–Kier alpha value is -2.42. The molecule has 0 atom stereocenters. The van der Waals surface area contributed by atoms with Crippen molar-refractivity contribution < 1.29 is 18.3 Å². The van der Waals surface area contributed by atoms with Crippen molar-refractivity contribution in [1.82, 2.24) is 9.13 Å². The minimum Gasteiger partial charge on any atom is -0.468 e. The van der Waals surface area contributed by atoms with Crippen molar-refractivity contribution in [3.8, 4) is 11.1 Å². The maximum atomic E-state index is 14.1. The second-order valence-corrected chi connectivity index (χ2v) is 6.07. The molecule has 1 aromatic carbocycles. The molecule has 9 heteroatoms. The quantitative estimate of drug-likeness (QED) is 0.721. The summed E-state index contributed by atoms with van der Waals surface area (Å²) in [6.45, 7) is -0.371. The largest absolute Gasteiger partial charge is 0.468 e. The number of esters is 1. The maximum absolute atomic E-state index is 14.1. The van der Waals surface area contributed by atoms with Gasteiger partial charge in [0.05, 0.1) is 12.7 Å². The lowest BCUT2D eigenvalue weighted by Crippen LogP contribution is -2.42. The minimum atomic E-state index is -1.20. The van der Waals surface area contributed by atoms with Crippen LogP contribution in [0.3, 0.4) is 0 Å². The Morgan fingerprint density at radius 2 is 1.96 bits per heavy atom. The Morgan fingerprint density at radius 3 is 2.60 bits per heavy atom. The van der Waals surface area contributed by atoms with E-state index in [-0.39, 0.29) is 17.7 Å². The zero-order valence-electron chi connectivity index (χ0n) is 13.6. The van der Waals surface area contributed by atoms with Gasteiger partial charge in [-0.3, -0.25) is 18.7 Å². The molecule has 2 aromatic rings. The number of nitrogens with zero attached hydrogens (tertiary/aromatic N) is 2. The van der Waals surface area contributed by atoms with Gasteiger partial charge in [-0.15, -0.1) is 0 Å². The van der Waals surface area contributed by atoms with Crippen molar-refractivity contribution in [2.75, 3.05) is 19.1 Å². The zero-order chi connectivity index (χ0) is 18.6. The fraction of sp³-hybridized carbons (Fsp3) is 0.312. The summed E-state index contributed by atoms with van der Waals surface area (Å²) in [6.07, 6.45) is 2.85. The first-order valence-corrected chi connectivity index (χ1v) is 8.64. The van der Waals surface area contributed by atoms with Crippen LogP contribution in [0.2, 0.25) is 0 Å². The molecule has 1 heterocycles. The maximum Gasteiger partial charge on any atom is 0.331 e. The molecule has 0 aliphatic carbocycles. The van der Waals surface area contributed by atoms with Crippen LogP contribution in [-0.4, -0.2) is 34.2 Å². The number of thioether (sulfide) groups is 1. The van der Waals surface area contributed by atoms with Crippen LogP contribution in [0.25, 0.3) is 11.1 Å². The summed E-state index contributed by atoms with van der Waals surface area (Å²) in [5.41, 5.74) is -1.95. The molecule has 0 amide bonds. The third-order valence-corrected chi connectivity index (χ3v) is 4.12. The average molecular weight is 370 g/mol. The highest BCUT2D eigenvalue weighted by atomic mass is 32.2. The molecule has 2 rings (SSSR count). The number of hydrogen-bond acceptors (Lipinski definition) is 5. The molecule has 0 saturated carbocycles. The summed E-state index contributed by atoms with van der Waals surface area (Å²) in [6, 6.07) is 3.42. The van der Waals surface area contributed by atoms with Crippen LogP contribution in [0.15, 0.2) is 34.0 Å². The van der Waals surface area contributed by atoms with E-state index in [1.807, 2.05) is 0 Å². The van der Waals surface area contributed by atoms with E-state index in [4.69, 9.17) is 0 Å². The smallest absolute Gasteiger partial charge is 0.331 e. The number of halogens is 2. The van der Waals surface area contributed by atoms with Gasteiger partial charge in [0.25, 0.3) is 5.56 Å². The van der Waals surface area contributed by atoms with E-state index in [0.717, 1.165) is 28.5 Å².